The summed E-state index contributed by atoms with van der Waals surface area (Å²) in [5.41, 5.74) is 2.44. The van der Waals surface area contributed by atoms with Gasteiger partial charge in [0.05, 0.1) is 6.10 Å². The maximum Gasteiger partial charge on any atom is 0.223 e. The van der Waals surface area contributed by atoms with Crippen LogP contribution in [0.3, 0.4) is 0 Å². The Kier molecular flexibility index (Phi) is 6.03. The Hall–Kier alpha value is -1.35. The molecule has 3 heteroatoms. The second-order valence-electron chi connectivity index (χ2n) is 5.42. The summed E-state index contributed by atoms with van der Waals surface area (Å²) in [5.74, 6) is 0.110. The predicted molar refractivity (Wildman–Crippen MR) is 78.0 cm³/mol. The first-order chi connectivity index (χ1) is 8.91. The van der Waals surface area contributed by atoms with E-state index in [9.17, 15) is 9.90 Å². The van der Waals surface area contributed by atoms with Crippen molar-refractivity contribution in [3.8, 4) is 0 Å². The molecule has 0 aliphatic carbocycles. The van der Waals surface area contributed by atoms with Crippen molar-refractivity contribution in [3.05, 3.63) is 35.4 Å². The van der Waals surface area contributed by atoms with Crippen LogP contribution in [0.25, 0.3) is 0 Å². The van der Waals surface area contributed by atoms with Gasteiger partial charge in [-0.05, 0) is 45.2 Å². The van der Waals surface area contributed by atoms with Crippen LogP contribution < -0.4 is 0 Å². The van der Waals surface area contributed by atoms with Crippen LogP contribution in [0.1, 0.15) is 38.3 Å². The average molecular weight is 263 g/mol. The largest absolute Gasteiger partial charge is 0.392 e. The van der Waals surface area contributed by atoms with Gasteiger partial charge in [0.2, 0.25) is 5.91 Å². The predicted octanol–water partition coefficient (Wildman–Crippen LogP) is 2.55. The van der Waals surface area contributed by atoms with Gasteiger partial charge >= 0.3 is 0 Å². The van der Waals surface area contributed by atoms with Crippen molar-refractivity contribution in [1.29, 1.82) is 0 Å². The third kappa shape index (κ3) is 5.03. The molecule has 1 unspecified atom stereocenters. The van der Waals surface area contributed by atoms with Crippen LogP contribution in [0.15, 0.2) is 24.3 Å². The number of nitrogens with zero attached hydrogens (tertiary/aromatic N) is 1. The minimum absolute atomic E-state index is 0.110. The molecule has 1 rings (SSSR count). The maximum atomic E-state index is 12.2. The van der Waals surface area contributed by atoms with Crippen molar-refractivity contribution < 1.29 is 9.90 Å². The van der Waals surface area contributed by atoms with Gasteiger partial charge in [-0.15, -0.1) is 0 Å². The topological polar surface area (TPSA) is 40.5 Å². The molecule has 1 amide bonds. The van der Waals surface area contributed by atoms with Gasteiger partial charge in [-0.2, -0.15) is 0 Å². The Morgan fingerprint density at radius 1 is 1.26 bits per heavy atom. The molecule has 106 valence electrons. The van der Waals surface area contributed by atoms with Crippen molar-refractivity contribution in [2.24, 2.45) is 0 Å². The van der Waals surface area contributed by atoms with Gasteiger partial charge in [0, 0.05) is 19.0 Å². The molecule has 0 aliphatic rings. The highest BCUT2D eigenvalue weighted by atomic mass is 16.3. The van der Waals surface area contributed by atoms with Gasteiger partial charge in [0.15, 0.2) is 0 Å². The molecule has 1 aromatic rings. The number of hydrogen-bond donors (Lipinski definition) is 1. The van der Waals surface area contributed by atoms with E-state index < -0.39 is 6.10 Å². The van der Waals surface area contributed by atoms with E-state index in [1.165, 1.54) is 11.1 Å². The summed E-state index contributed by atoms with van der Waals surface area (Å²) in [5, 5.41) is 9.46. The zero-order chi connectivity index (χ0) is 14.4. The van der Waals surface area contributed by atoms with Gasteiger partial charge < -0.3 is 10.0 Å². The molecule has 1 N–H and O–H groups in total. The third-order valence-electron chi connectivity index (χ3n) is 3.27. The molecule has 0 saturated heterocycles. The minimum Gasteiger partial charge on any atom is -0.392 e. The third-order valence-corrected chi connectivity index (χ3v) is 3.27. The van der Waals surface area contributed by atoms with E-state index in [0.29, 0.717) is 13.0 Å². The van der Waals surface area contributed by atoms with E-state index >= 15 is 0 Å². The van der Waals surface area contributed by atoms with Gasteiger partial charge in [-0.1, -0.05) is 24.3 Å². The highest BCUT2D eigenvalue weighted by Crippen LogP contribution is 2.12. The lowest BCUT2D eigenvalue weighted by Gasteiger charge is -2.28. The second-order valence-corrected chi connectivity index (χ2v) is 5.42. The highest BCUT2D eigenvalue weighted by Gasteiger charge is 2.18. The molecular weight excluding hydrogens is 238 g/mol. The smallest absolute Gasteiger partial charge is 0.223 e. The number of carbonyl (C=O) groups excluding carboxylic acids is 1. The van der Waals surface area contributed by atoms with E-state index in [0.717, 1.165) is 6.42 Å². The van der Waals surface area contributed by atoms with Crippen LogP contribution in [0.5, 0.6) is 0 Å². The Morgan fingerprint density at radius 2 is 1.89 bits per heavy atom. The average Bonchev–Trinajstić information content (AvgIpc) is 2.34. The van der Waals surface area contributed by atoms with Gasteiger partial charge in [0.25, 0.3) is 0 Å². The lowest BCUT2D eigenvalue weighted by molar-refractivity contribution is -0.134. The first kappa shape index (κ1) is 15.7. The summed E-state index contributed by atoms with van der Waals surface area (Å²) in [7, 11) is 0. The van der Waals surface area contributed by atoms with Crippen LogP contribution in [0.2, 0.25) is 0 Å². The van der Waals surface area contributed by atoms with E-state index in [4.69, 9.17) is 0 Å². The molecule has 0 radical (unpaired) electrons. The SMILES string of the molecule is Cc1ccccc1CCC(=O)N(CC(C)O)C(C)C. The van der Waals surface area contributed by atoms with Gasteiger partial charge in [-0.3, -0.25) is 4.79 Å². The first-order valence-electron chi connectivity index (χ1n) is 6.94. The maximum absolute atomic E-state index is 12.2. The molecule has 0 aliphatic heterocycles. The molecule has 0 spiro atoms. The minimum atomic E-state index is -0.482. The van der Waals surface area contributed by atoms with Gasteiger partial charge in [-0.25, -0.2) is 0 Å². The van der Waals surface area contributed by atoms with E-state index in [1.54, 1.807) is 11.8 Å². The highest BCUT2D eigenvalue weighted by molar-refractivity contribution is 5.76. The van der Waals surface area contributed by atoms with Crippen molar-refractivity contribution in [1.82, 2.24) is 4.90 Å². The number of carbonyl (C=O) groups is 1. The van der Waals surface area contributed by atoms with Crippen molar-refractivity contribution in [3.63, 3.8) is 0 Å². The number of hydrogen-bond acceptors (Lipinski definition) is 2. The van der Waals surface area contributed by atoms with E-state index in [1.807, 2.05) is 26.0 Å². The number of aryl methyl sites for hydroxylation is 2. The summed E-state index contributed by atoms with van der Waals surface area (Å²) in [4.78, 5) is 14.0. The summed E-state index contributed by atoms with van der Waals surface area (Å²) >= 11 is 0. The first-order valence-corrected chi connectivity index (χ1v) is 6.94. The monoisotopic (exact) mass is 263 g/mol. The standard InChI is InChI=1S/C16H25NO2/c1-12(2)17(11-14(4)18)16(19)10-9-15-8-6-5-7-13(15)3/h5-8,12,14,18H,9-11H2,1-4H3. The summed E-state index contributed by atoms with van der Waals surface area (Å²) in [6, 6.07) is 8.27. The molecule has 0 heterocycles. The molecule has 1 atom stereocenters. The number of aliphatic hydroxyl groups is 1. The summed E-state index contributed by atoms with van der Waals surface area (Å²) < 4.78 is 0. The fourth-order valence-corrected chi connectivity index (χ4v) is 2.16. The normalized spacial score (nSPS) is 12.5. The Labute approximate surface area is 116 Å². The van der Waals surface area contributed by atoms with Crippen LogP contribution in [0.4, 0.5) is 0 Å². The van der Waals surface area contributed by atoms with E-state index in [2.05, 4.69) is 19.1 Å². The van der Waals surface area contributed by atoms with Crippen LogP contribution in [-0.4, -0.2) is 34.6 Å². The molecule has 0 fully saturated rings. The Balaban J connectivity index is 2.60. The Morgan fingerprint density at radius 3 is 2.42 bits per heavy atom. The number of aliphatic hydroxyl groups excluding tert-OH is 1. The second kappa shape index (κ2) is 7.29. The van der Waals surface area contributed by atoms with Crippen molar-refractivity contribution >= 4 is 5.91 Å². The summed E-state index contributed by atoms with van der Waals surface area (Å²) in [6.07, 6.45) is 0.773. The summed E-state index contributed by atoms with van der Waals surface area (Å²) in [6.45, 7) is 8.15. The lowest BCUT2D eigenvalue weighted by Crippen LogP contribution is -2.41. The van der Waals surface area contributed by atoms with Crippen LogP contribution >= 0.6 is 0 Å². The van der Waals surface area contributed by atoms with Crippen molar-refractivity contribution in [2.75, 3.05) is 6.54 Å². The van der Waals surface area contributed by atoms with Crippen molar-refractivity contribution in [2.45, 2.75) is 52.7 Å². The van der Waals surface area contributed by atoms with Crippen LogP contribution in [-0.2, 0) is 11.2 Å². The zero-order valence-electron chi connectivity index (χ0n) is 12.4. The number of amides is 1. The molecule has 0 saturated carbocycles. The molecular formula is C16H25NO2. The van der Waals surface area contributed by atoms with E-state index in [-0.39, 0.29) is 11.9 Å². The molecule has 0 bridgehead atoms. The quantitative estimate of drug-likeness (QED) is 0.857. The molecule has 1 aromatic carbocycles. The zero-order valence-corrected chi connectivity index (χ0v) is 12.4. The fourth-order valence-electron chi connectivity index (χ4n) is 2.16. The molecule has 3 nitrogen and oxygen atoms in total. The number of benzene rings is 1. The number of rotatable bonds is 6. The van der Waals surface area contributed by atoms with Gasteiger partial charge in [0.1, 0.15) is 0 Å². The fraction of sp³-hybridized carbons (Fsp3) is 0.562. The lowest BCUT2D eigenvalue weighted by atomic mass is 10.0. The molecule has 19 heavy (non-hydrogen) atoms. The van der Waals surface area contributed by atoms with Crippen LogP contribution in [0, 0.1) is 6.92 Å². The molecule has 0 aromatic heterocycles. The Bertz CT molecular complexity index is 413.